The zero-order valence-electron chi connectivity index (χ0n) is 11.2. The molecule has 10 heteroatoms. The van der Waals surface area contributed by atoms with Gasteiger partial charge in [0.25, 0.3) is 0 Å². The lowest BCUT2D eigenvalue weighted by atomic mass is 10.2. The molecule has 0 N–H and O–H groups in total. The molecule has 0 radical (unpaired) electrons. The van der Waals surface area contributed by atoms with Crippen LogP contribution in [0.15, 0.2) is 12.1 Å². The van der Waals surface area contributed by atoms with Crippen LogP contribution in [0.5, 0.6) is 5.75 Å². The van der Waals surface area contributed by atoms with Gasteiger partial charge in [-0.2, -0.15) is 8.42 Å². The van der Waals surface area contributed by atoms with Crippen molar-refractivity contribution >= 4 is 35.6 Å². The predicted molar refractivity (Wildman–Crippen MR) is 74.1 cm³/mol. The molecule has 0 saturated heterocycles. The van der Waals surface area contributed by atoms with Crippen molar-refractivity contribution in [2.75, 3.05) is 7.11 Å². The average Bonchev–Trinajstić information content (AvgIpc) is 2.25. The maximum Gasteiger partial charge on any atom is 0.344 e. The molecular formula is C11H12Cl2F2O5S. The van der Waals surface area contributed by atoms with E-state index in [-0.39, 0.29) is 5.75 Å². The molecule has 5 nitrogen and oxygen atoms in total. The predicted octanol–water partition coefficient (Wildman–Crippen LogP) is 3.25. The molecule has 1 aromatic rings. The zero-order valence-corrected chi connectivity index (χ0v) is 13.5. The second-order valence-corrected chi connectivity index (χ2v) is 7.44. The Morgan fingerprint density at radius 3 is 2.10 bits per heavy atom. The molecule has 1 rings (SSSR count). The highest BCUT2D eigenvalue weighted by Crippen LogP contribution is 2.23. The Morgan fingerprint density at radius 1 is 1.24 bits per heavy atom. The van der Waals surface area contributed by atoms with Gasteiger partial charge in [-0.05, 0) is 26.0 Å². The summed E-state index contributed by atoms with van der Waals surface area (Å²) in [5, 5.41) is 0. The second kappa shape index (κ2) is 8.35. The van der Waals surface area contributed by atoms with Gasteiger partial charge in [0.2, 0.25) is 0 Å². The van der Waals surface area contributed by atoms with Gasteiger partial charge in [-0.15, -0.1) is 0 Å². The Morgan fingerprint density at radius 2 is 1.71 bits per heavy atom. The largest absolute Gasteiger partial charge is 0.494 e. The maximum absolute atomic E-state index is 13.6. The van der Waals surface area contributed by atoms with E-state index in [1.807, 2.05) is 0 Å². The lowest BCUT2D eigenvalue weighted by Gasteiger charge is -2.10. The number of hydrogen-bond acceptors (Lipinski definition) is 5. The smallest absolute Gasteiger partial charge is 0.344 e. The molecule has 0 aliphatic carbocycles. The monoisotopic (exact) mass is 364 g/mol. The molecule has 1 aromatic carbocycles. The van der Waals surface area contributed by atoms with Crippen molar-refractivity contribution in [3.05, 3.63) is 29.3 Å². The van der Waals surface area contributed by atoms with Crippen LogP contribution < -0.4 is 4.74 Å². The molecule has 0 unspecified atom stereocenters. The summed E-state index contributed by atoms with van der Waals surface area (Å²) in [4.78, 5) is 11.4. The van der Waals surface area contributed by atoms with Crippen molar-refractivity contribution in [1.82, 2.24) is 0 Å². The lowest BCUT2D eigenvalue weighted by molar-refractivity contribution is 0.0366. The van der Waals surface area contributed by atoms with Crippen molar-refractivity contribution in [3.8, 4) is 5.75 Å². The number of esters is 1. The van der Waals surface area contributed by atoms with E-state index in [4.69, 9.17) is 13.2 Å². The van der Waals surface area contributed by atoms with Gasteiger partial charge in [0.05, 0.1) is 13.2 Å². The van der Waals surface area contributed by atoms with Gasteiger partial charge in [0.1, 0.15) is 11.4 Å². The van der Waals surface area contributed by atoms with Crippen LogP contribution >= 0.6 is 21.4 Å². The minimum Gasteiger partial charge on any atom is -0.494 e. The molecule has 0 amide bonds. The number of benzene rings is 1. The first kappa shape index (κ1) is 19.9. The number of carbonyl (C=O) groups is 1. The molecule has 120 valence electrons. The quantitative estimate of drug-likeness (QED) is 0.608. The molecule has 0 spiro atoms. The van der Waals surface area contributed by atoms with E-state index in [2.05, 4.69) is 26.1 Å². The van der Waals surface area contributed by atoms with E-state index in [0.717, 1.165) is 12.1 Å². The van der Waals surface area contributed by atoms with Crippen LogP contribution in [0.3, 0.4) is 0 Å². The van der Waals surface area contributed by atoms with E-state index in [1.54, 1.807) is 13.8 Å². The Bertz CT molecular complexity index is 597. The fourth-order valence-corrected chi connectivity index (χ4v) is 1.15. The summed E-state index contributed by atoms with van der Waals surface area (Å²) in [6.07, 6.45) is -0.447. The van der Waals surface area contributed by atoms with E-state index >= 15 is 0 Å². The molecule has 0 bridgehead atoms. The average molecular weight is 365 g/mol. The van der Waals surface area contributed by atoms with Crippen LogP contribution in [0, 0.1) is 11.6 Å². The zero-order chi connectivity index (χ0) is 16.8. The fraction of sp³-hybridized carbons (Fsp3) is 0.364. The van der Waals surface area contributed by atoms with Gasteiger partial charge in [-0.25, -0.2) is 13.6 Å². The Balaban J connectivity index is 0.000000690. The van der Waals surface area contributed by atoms with Crippen LogP contribution in [0.4, 0.5) is 8.78 Å². The normalized spacial score (nSPS) is 10.7. The van der Waals surface area contributed by atoms with Gasteiger partial charge in [-0.1, -0.05) is 0 Å². The molecule has 0 atom stereocenters. The summed E-state index contributed by atoms with van der Waals surface area (Å²) in [6.45, 7) is 3.18. The minimum atomic E-state index is -3.72. The summed E-state index contributed by atoms with van der Waals surface area (Å²) in [6, 6.07) is 2.07. The minimum absolute atomic E-state index is 0.197. The number of methoxy groups -OCH3 is 1. The van der Waals surface area contributed by atoms with Gasteiger partial charge in [-0.3, -0.25) is 0 Å². The third-order valence-corrected chi connectivity index (χ3v) is 1.82. The lowest BCUT2D eigenvalue weighted by Crippen LogP contribution is -2.15. The Labute approximate surface area is 129 Å². The summed E-state index contributed by atoms with van der Waals surface area (Å²) in [5.41, 5.74) is -0.729. The number of halogens is 4. The highest BCUT2D eigenvalue weighted by Gasteiger charge is 2.23. The first-order valence-corrected chi connectivity index (χ1v) is 8.48. The topological polar surface area (TPSA) is 69.7 Å². The number of ether oxygens (including phenoxy) is 2. The summed E-state index contributed by atoms with van der Waals surface area (Å²) < 4.78 is 54.5. The van der Waals surface area contributed by atoms with Gasteiger partial charge >= 0.3 is 14.2 Å². The van der Waals surface area contributed by atoms with Crippen molar-refractivity contribution in [1.29, 1.82) is 0 Å². The van der Waals surface area contributed by atoms with Crippen LogP contribution in [0.2, 0.25) is 0 Å². The van der Waals surface area contributed by atoms with Crippen LogP contribution in [-0.2, 0) is 13.0 Å². The maximum atomic E-state index is 13.6. The molecule has 0 heterocycles. The van der Waals surface area contributed by atoms with E-state index in [9.17, 15) is 13.6 Å². The highest BCUT2D eigenvalue weighted by atomic mass is 36.0. The molecule has 0 saturated carbocycles. The van der Waals surface area contributed by atoms with Crippen molar-refractivity contribution in [3.63, 3.8) is 0 Å². The first-order valence-electron chi connectivity index (χ1n) is 5.34. The first-order chi connectivity index (χ1) is 9.47. The molecule has 0 aromatic heterocycles. The highest BCUT2D eigenvalue weighted by molar-refractivity contribution is 8.31. The fourth-order valence-electron chi connectivity index (χ4n) is 1.15. The molecule has 0 aliphatic heterocycles. The Hall–Kier alpha value is -1.12. The van der Waals surface area contributed by atoms with Crippen LogP contribution in [-0.4, -0.2) is 27.6 Å². The third kappa shape index (κ3) is 8.03. The molecular weight excluding hydrogens is 353 g/mol. The van der Waals surface area contributed by atoms with Crippen molar-refractivity contribution in [2.24, 2.45) is 0 Å². The second-order valence-electron chi connectivity index (χ2n) is 3.77. The third-order valence-electron chi connectivity index (χ3n) is 1.82. The van der Waals surface area contributed by atoms with E-state index in [0.29, 0.717) is 0 Å². The number of hydrogen-bond donors (Lipinski definition) is 0. The summed E-state index contributed by atoms with van der Waals surface area (Å²) in [5.74, 6) is -3.25. The van der Waals surface area contributed by atoms with Crippen LogP contribution in [0.25, 0.3) is 0 Å². The standard InChI is InChI=1S/C11H12F2O3.Cl2O2S/c1-6(2)16-11(14)9-7(12)4-5-8(15-3)10(9)13;1-5(2,3)4/h4-6H,1-3H3;. The summed E-state index contributed by atoms with van der Waals surface area (Å²) >= 11 is 0. The van der Waals surface area contributed by atoms with Crippen LogP contribution in [0.1, 0.15) is 24.2 Å². The van der Waals surface area contributed by atoms with Gasteiger partial charge in [0, 0.05) is 21.4 Å². The Kier molecular flexibility index (Phi) is 7.91. The number of rotatable bonds is 3. The van der Waals surface area contributed by atoms with Gasteiger partial charge < -0.3 is 9.47 Å². The van der Waals surface area contributed by atoms with Crippen molar-refractivity contribution < 1.29 is 31.5 Å². The van der Waals surface area contributed by atoms with Gasteiger partial charge in [0.15, 0.2) is 11.6 Å². The van der Waals surface area contributed by atoms with E-state index < -0.39 is 37.5 Å². The summed E-state index contributed by atoms with van der Waals surface area (Å²) in [7, 11) is 6.04. The molecule has 0 aliphatic rings. The van der Waals surface area contributed by atoms with Crippen molar-refractivity contribution in [2.45, 2.75) is 20.0 Å². The molecule has 0 fully saturated rings. The van der Waals surface area contributed by atoms with E-state index in [1.165, 1.54) is 7.11 Å². The number of carbonyl (C=O) groups excluding carboxylic acids is 1. The molecule has 21 heavy (non-hydrogen) atoms. The SMILES string of the molecule is COc1ccc(F)c(C(=O)OC(C)C)c1F.O=S(=O)(Cl)Cl.